The molecule has 94 valence electrons. The minimum absolute atomic E-state index is 0.205. The smallest absolute Gasteiger partial charge is 0.123 e. The van der Waals surface area contributed by atoms with Crippen LogP contribution < -0.4 is 5.73 Å². The predicted octanol–water partition coefficient (Wildman–Crippen LogP) is 4.10. The van der Waals surface area contributed by atoms with Crippen LogP contribution in [0.4, 0.5) is 4.39 Å². The Hall–Kier alpha value is -0.940. The third-order valence-corrected chi connectivity index (χ3v) is 3.75. The monoisotopic (exact) mass is 355 g/mol. The lowest BCUT2D eigenvalue weighted by atomic mass is 9.92. The van der Waals surface area contributed by atoms with Gasteiger partial charge in [-0.3, -0.25) is 0 Å². The summed E-state index contributed by atoms with van der Waals surface area (Å²) < 4.78 is 14.4. The highest BCUT2D eigenvalue weighted by molar-refractivity contribution is 14.1. The Morgan fingerprint density at radius 2 is 1.72 bits per heavy atom. The number of nitrogens with two attached hydrogens (primary N) is 1. The number of benzene rings is 2. The van der Waals surface area contributed by atoms with E-state index in [1.807, 2.05) is 32.0 Å². The second kappa shape index (κ2) is 5.36. The molecule has 2 N–H and O–H groups in total. The Bertz CT molecular complexity index is 557. The van der Waals surface area contributed by atoms with E-state index >= 15 is 0 Å². The number of hydrogen-bond donors (Lipinski definition) is 1. The Labute approximate surface area is 120 Å². The van der Waals surface area contributed by atoms with Crippen molar-refractivity contribution in [3.05, 3.63) is 68.0 Å². The number of halogens is 2. The fourth-order valence-electron chi connectivity index (χ4n) is 2.28. The van der Waals surface area contributed by atoms with Crippen LogP contribution in [-0.2, 0) is 0 Å². The summed E-state index contributed by atoms with van der Waals surface area (Å²) in [5, 5.41) is 0. The van der Waals surface area contributed by atoms with Crippen molar-refractivity contribution >= 4 is 22.6 Å². The van der Waals surface area contributed by atoms with E-state index in [2.05, 4.69) is 28.7 Å². The molecule has 1 atom stereocenters. The molecule has 0 aromatic heterocycles. The topological polar surface area (TPSA) is 26.0 Å². The first-order chi connectivity index (χ1) is 8.49. The standard InChI is InChI=1S/C15H15FIN/c1-9-6-12(16)7-10(2)14(9)15(18)11-4-3-5-13(17)8-11/h3-8,15H,18H2,1-2H3. The van der Waals surface area contributed by atoms with Gasteiger partial charge in [0.15, 0.2) is 0 Å². The fourth-order valence-corrected chi connectivity index (χ4v) is 2.85. The minimum atomic E-state index is -0.208. The van der Waals surface area contributed by atoms with E-state index < -0.39 is 0 Å². The predicted molar refractivity (Wildman–Crippen MR) is 81.1 cm³/mol. The molecule has 0 heterocycles. The molecule has 3 heteroatoms. The maximum absolute atomic E-state index is 13.3. The first-order valence-electron chi connectivity index (χ1n) is 5.76. The van der Waals surface area contributed by atoms with Crippen LogP contribution in [-0.4, -0.2) is 0 Å². The van der Waals surface area contributed by atoms with Crippen molar-refractivity contribution in [2.24, 2.45) is 5.73 Å². The van der Waals surface area contributed by atoms with Crippen LogP contribution >= 0.6 is 22.6 Å². The molecule has 0 bridgehead atoms. The number of aryl methyl sites for hydroxylation is 2. The highest BCUT2D eigenvalue weighted by atomic mass is 127. The molecule has 0 aliphatic heterocycles. The van der Waals surface area contributed by atoms with Gasteiger partial charge in [-0.05, 0) is 83.0 Å². The van der Waals surface area contributed by atoms with Gasteiger partial charge in [-0.1, -0.05) is 12.1 Å². The van der Waals surface area contributed by atoms with E-state index in [1.165, 1.54) is 12.1 Å². The van der Waals surface area contributed by atoms with Crippen LogP contribution in [0.15, 0.2) is 36.4 Å². The summed E-state index contributed by atoms with van der Waals surface area (Å²) >= 11 is 2.27. The lowest BCUT2D eigenvalue weighted by molar-refractivity contribution is 0.623. The zero-order valence-corrected chi connectivity index (χ0v) is 12.5. The summed E-state index contributed by atoms with van der Waals surface area (Å²) in [6, 6.07) is 11.0. The van der Waals surface area contributed by atoms with E-state index in [0.29, 0.717) is 0 Å². The Morgan fingerprint density at radius 1 is 1.11 bits per heavy atom. The van der Waals surface area contributed by atoms with E-state index in [1.54, 1.807) is 0 Å². The van der Waals surface area contributed by atoms with E-state index in [9.17, 15) is 4.39 Å². The summed E-state index contributed by atoms with van der Waals surface area (Å²) in [5.41, 5.74) is 10.2. The van der Waals surface area contributed by atoms with Crippen LogP contribution in [0.1, 0.15) is 28.3 Å². The van der Waals surface area contributed by atoms with Crippen molar-refractivity contribution in [2.45, 2.75) is 19.9 Å². The van der Waals surface area contributed by atoms with Crippen molar-refractivity contribution in [1.29, 1.82) is 0 Å². The van der Waals surface area contributed by atoms with Crippen molar-refractivity contribution in [2.75, 3.05) is 0 Å². The SMILES string of the molecule is Cc1cc(F)cc(C)c1C(N)c1cccc(I)c1. The molecular formula is C15H15FIN. The van der Waals surface area contributed by atoms with Gasteiger partial charge in [-0.15, -0.1) is 0 Å². The van der Waals surface area contributed by atoms with E-state index in [0.717, 1.165) is 25.8 Å². The van der Waals surface area contributed by atoms with Crippen molar-refractivity contribution in [3.8, 4) is 0 Å². The van der Waals surface area contributed by atoms with Crippen molar-refractivity contribution in [1.82, 2.24) is 0 Å². The molecule has 0 saturated carbocycles. The van der Waals surface area contributed by atoms with Gasteiger partial charge in [0.25, 0.3) is 0 Å². The van der Waals surface area contributed by atoms with Gasteiger partial charge in [0, 0.05) is 3.57 Å². The molecule has 2 rings (SSSR count). The summed E-state index contributed by atoms with van der Waals surface area (Å²) in [6.45, 7) is 3.80. The molecule has 0 aliphatic rings. The summed E-state index contributed by atoms with van der Waals surface area (Å²) in [5.74, 6) is -0.205. The van der Waals surface area contributed by atoms with Crippen LogP contribution in [0.25, 0.3) is 0 Å². The Balaban J connectivity index is 2.49. The molecule has 2 aromatic rings. The van der Waals surface area contributed by atoms with Crippen LogP contribution in [0, 0.1) is 23.2 Å². The molecule has 0 fully saturated rings. The highest BCUT2D eigenvalue weighted by Gasteiger charge is 2.15. The molecule has 18 heavy (non-hydrogen) atoms. The molecule has 1 unspecified atom stereocenters. The molecule has 2 aromatic carbocycles. The van der Waals surface area contributed by atoms with Gasteiger partial charge in [0.2, 0.25) is 0 Å². The van der Waals surface area contributed by atoms with Crippen molar-refractivity contribution in [3.63, 3.8) is 0 Å². The minimum Gasteiger partial charge on any atom is -0.320 e. The quantitative estimate of drug-likeness (QED) is 0.807. The third kappa shape index (κ3) is 2.72. The van der Waals surface area contributed by atoms with E-state index in [4.69, 9.17) is 5.73 Å². The lowest BCUT2D eigenvalue weighted by Gasteiger charge is -2.18. The average molecular weight is 355 g/mol. The van der Waals surface area contributed by atoms with Crippen molar-refractivity contribution < 1.29 is 4.39 Å². The van der Waals surface area contributed by atoms with Crippen LogP contribution in [0.3, 0.4) is 0 Å². The largest absolute Gasteiger partial charge is 0.320 e. The molecule has 0 aliphatic carbocycles. The highest BCUT2D eigenvalue weighted by Crippen LogP contribution is 2.27. The van der Waals surface area contributed by atoms with Gasteiger partial charge in [-0.25, -0.2) is 4.39 Å². The second-order valence-corrected chi connectivity index (χ2v) is 5.73. The molecule has 0 spiro atoms. The summed E-state index contributed by atoms with van der Waals surface area (Å²) in [4.78, 5) is 0. The van der Waals surface area contributed by atoms with Gasteiger partial charge < -0.3 is 5.73 Å². The summed E-state index contributed by atoms with van der Waals surface area (Å²) in [7, 11) is 0. The number of rotatable bonds is 2. The van der Waals surface area contributed by atoms with Gasteiger partial charge in [0.1, 0.15) is 5.82 Å². The van der Waals surface area contributed by atoms with Gasteiger partial charge in [-0.2, -0.15) is 0 Å². The third-order valence-electron chi connectivity index (χ3n) is 3.08. The first-order valence-corrected chi connectivity index (χ1v) is 6.84. The molecular weight excluding hydrogens is 340 g/mol. The zero-order chi connectivity index (χ0) is 13.3. The first kappa shape index (κ1) is 13.5. The fraction of sp³-hybridized carbons (Fsp3) is 0.200. The maximum atomic E-state index is 13.3. The van der Waals surface area contributed by atoms with E-state index in [-0.39, 0.29) is 11.9 Å². The summed E-state index contributed by atoms with van der Waals surface area (Å²) in [6.07, 6.45) is 0. The molecule has 0 amide bonds. The second-order valence-electron chi connectivity index (χ2n) is 4.49. The van der Waals surface area contributed by atoms with Crippen LogP contribution in [0.2, 0.25) is 0 Å². The lowest BCUT2D eigenvalue weighted by Crippen LogP contribution is -2.15. The number of hydrogen-bond acceptors (Lipinski definition) is 1. The maximum Gasteiger partial charge on any atom is 0.123 e. The molecule has 0 saturated heterocycles. The molecule has 1 nitrogen and oxygen atoms in total. The van der Waals surface area contributed by atoms with Crippen LogP contribution in [0.5, 0.6) is 0 Å². The van der Waals surface area contributed by atoms with Gasteiger partial charge >= 0.3 is 0 Å². The Kier molecular flexibility index (Phi) is 4.02. The Morgan fingerprint density at radius 3 is 2.28 bits per heavy atom. The average Bonchev–Trinajstić information content (AvgIpc) is 2.27. The van der Waals surface area contributed by atoms with Gasteiger partial charge in [0.05, 0.1) is 6.04 Å². The zero-order valence-electron chi connectivity index (χ0n) is 10.4. The molecule has 0 radical (unpaired) electrons. The normalized spacial score (nSPS) is 12.5.